The Labute approximate surface area is 95.2 Å². The molecule has 0 aliphatic carbocycles. The van der Waals surface area contributed by atoms with Crippen LogP contribution in [0.2, 0.25) is 0 Å². The minimum absolute atomic E-state index is 0.0426. The fourth-order valence-corrected chi connectivity index (χ4v) is 1.60. The first-order valence-electron chi connectivity index (χ1n) is 5.33. The summed E-state index contributed by atoms with van der Waals surface area (Å²) in [4.78, 5) is 4.49. The van der Waals surface area contributed by atoms with Crippen molar-refractivity contribution in [3.8, 4) is 0 Å². The van der Waals surface area contributed by atoms with Gasteiger partial charge in [0.1, 0.15) is 6.04 Å². The molecule has 0 saturated carbocycles. The molecule has 1 atom stereocenters. The van der Waals surface area contributed by atoms with Gasteiger partial charge in [0.15, 0.2) is 0 Å². The molecule has 84 valence electrons. The van der Waals surface area contributed by atoms with E-state index in [2.05, 4.69) is 10.1 Å². The summed E-state index contributed by atoms with van der Waals surface area (Å²) in [5.74, 6) is 0. The second-order valence-electron chi connectivity index (χ2n) is 3.45. The summed E-state index contributed by atoms with van der Waals surface area (Å²) in [6.45, 7) is 2.76. The first-order valence-corrected chi connectivity index (χ1v) is 5.33. The van der Waals surface area contributed by atoms with Crippen LogP contribution < -0.4 is 0 Å². The topological polar surface area (TPSA) is 37.2 Å². The van der Waals surface area contributed by atoms with Crippen molar-refractivity contribution in [2.24, 2.45) is 10.1 Å². The minimum atomic E-state index is -0.0426. The lowest BCUT2D eigenvalue weighted by atomic mass is 10.1. The van der Waals surface area contributed by atoms with E-state index in [9.17, 15) is 0 Å². The zero-order valence-corrected chi connectivity index (χ0v) is 9.50. The second kappa shape index (κ2) is 4.79. The van der Waals surface area contributed by atoms with Crippen LogP contribution in [-0.2, 0) is 4.74 Å². The summed E-state index contributed by atoms with van der Waals surface area (Å²) in [7, 11) is 1.62. The molecule has 0 aromatic heterocycles. The Morgan fingerprint density at radius 2 is 2.06 bits per heavy atom. The average molecular weight is 217 g/mol. The molecule has 0 amide bonds. The van der Waals surface area contributed by atoms with Gasteiger partial charge in [0.25, 0.3) is 0 Å². The summed E-state index contributed by atoms with van der Waals surface area (Å²) in [6.07, 6.45) is 1.83. The van der Waals surface area contributed by atoms with E-state index in [1.165, 1.54) is 0 Å². The number of amidine groups is 1. The number of hydrogen-bond acceptors (Lipinski definition) is 4. The fourth-order valence-electron chi connectivity index (χ4n) is 1.60. The molecule has 0 N–H and O–H groups in total. The maximum atomic E-state index is 5.21. The first kappa shape index (κ1) is 10.7. The molecule has 4 nitrogen and oxygen atoms in total. The van der Waals surface area contributed by atoms with Gasteiger partial charge in [-0.3, -0.25) is 0 Å². The SMILES string of the molecule is CCN1N=C[C@H](c2ccccc2)N=C1OC. The Kier molecular flexibility index (Phi) is 3.19. The maximum Gasteiger partial charge on any atom is 0.309 e. The number of hydrazone groups is 1. The molecule has 0 saturated heterocycles. The van der Waals surface area contributed by atoms with Crippen molar-refractivity contribution in [1.82, 2.24) is 5.01 Å². The van der Waals surface area contributed by atoms with Crippen LogP contribution in [0.4, 0.5) is 0 Å². The third-order valence-electron chi connectivity index (χ3n) is 2.44. The molecule has 2 rings (SSSR count). The van der Waals surface area contributed by atoms with Crippen molar-refractivity contribution >= 4 is 12.2 Å². The molecule has 1 aromatic carbocycles. The van der Waals surface area contributed by atoms with Crippen LogP contribution in [0, 0.1) is 0 Å². The van der Waals surface area contributed by atoms with Crippen molar-refractivity contribution in [1.29, 1.82) is 0 Å². The van der Waals surface area contributed by atoms with E-state index < -0.39 is 0 Å². The van der Waals surface area contributed by atoms with Gasteiger partial charge in [-0.15, -0.1) is 0 Å². The highest BCUT2D eigenvalue weighted by atomic mass is 16.5. The molecule has 4 heteroatoms. The van der Waals surface area contributed by atoms with Crippen LogP contribution in [0.15, 0.2) is 40.4 Å². The Bertz CT molecular complexity index is 400. The molecule has 0 fully saturated rings. The Balaban J connectivity index is 2.23. The zero-order chi connectivity index (χ0) is 11.4. The van der Waals surface area contributed by atoms with Gasteiger partial charge < -0.3 is 4.74 Å². The lowest BCUT2D eigenvalue weighted by molar-refractivity contribution is 0.287. The van der Waals surface area contributed by atoms with Gasteiger partial charge in [-0.25, -0.2) is 10.0 Å². The highest BCUT2D eigenvalue weighted by Crippen LogP contribution is 2.19. The van der Waals surface area contributed by atoms with Gasteiger partial charge in [0.2, 0.25) is 0 Å². The summed E-state index contributed by atoms with van der Waals surface area (Å²) >= 11 is 0. The molecule has 0 bridgehead atoms. The van der Waals surface area contributed by atoms with Crippen LogP contribution in [0.5, 0.6) is 0 Å². The maximum absolute atomic E-state index is 5.21. The molecular formula is C12H15N3O. The van der Waals surface area contributed by atoms with Crippen LogP contribution in [0.25, 0.3) is 0 Å². The van der Waals surface area contributed by atoms with Gasteiger partial charge in [-0.05, 0) is 12.5 Å². The molecule has 0 unspecified atom stereocenters. The Hall–Kier alpha value is -1.84. The molecule has 1 aliphatic heterocycles. The Morgan fingerprint density at radius 1 is 1.31 bits per heavy atom. The smallest absolute Gasteiger partial charge is 0.309 e. The summed E-state index contributed by atoms with van der Waals surface area (Å²) in [6, 6.07) is 10.6. The number of aliphatic imine (C=N–C) groups is 1. The fraction of sp³-hybridized carbons (Fsp3) is 0.333. The summed E-state index contributed by atoms with van der Waals surface area (Å²) in [5.41, 5.74) is 1.12. The van der Waals surface area contributed by atoms with Crippen LogP contribution >= 0.6 is 0 Å². The van der Waals surface area contributed by atoms with Gasteiger partial charge in [-0.1, -0.05) is 30.3 Å². The Morgan fingerprint density at radius 3 is 2.69 bits per heavy atom. The lowest BCUT2D eigenvalue weighted by Gasteiger charge is -2.23. The number of benzene rings is 1. The van der Waals surface area contributed by atoms with Crippen LogP contribution in [0.3, 0.4) is 0 Å². The summed E-state index contributed by atoms with van der Waals surface area (Å²) < 4.78 is 5.21. The van der Waals surface area contributed by atoms with Crippen molar-refractivity contribution in [2.45, 2.75) is 13.0 Å². The first-order chi connectivity index (χ1) is 7.85. The van der Waals surface area contributed by atoms with Crippen molar-refractivity contribution in [3.63, 3.8) is 0 Å². The quantitative estimate of drug-likeness (QED) is 0.760. The van der Waals surface area contributed by atoms with E-state index >= 15 is 0 Å². The van der Waals surface area contributed by atoms with E-state index in [4.69, 9.17) is 4.74 Å². The zero-order valence-electron chi connectivity index (χ0n) is 9.50. The highest BCUT2D eigenvalue weighted by Gasteiger charge is 2.18. The number of nitrogens with zero attached hydrogens (tertiary/aromatic N) is 3. The molecular weight excluding hydrogens is 202 g/mol. The van der Waals surface area contributed by atoms with Gasteiger partial charge in [-0.2, -0.15) is 5.10 Å². The van der Waals surface area contributed by atoms with E-state index in [1.54, 1.807) is 12.1 Å². The molecule has 1 aromatic rings. The predicted molar refractivity (Wildman–Crippen MR) is 64.5 cm³/mol. The van der Waals surface area contributed by atoms with Crippen molar-refractivity contribution in [2.75, 3.05) is 13.7 Å². The molecule has 1 heterocycles. The molecule has 16 heavy (non-hydrogen) atoms. The summed E-state index contributed by atoms with van der Waals surface area (Å²) in [5, 5.41) is 6.05. The number of ether oxygens (including phenoxy) is 1. The van der Waals surface area contributed by atoms with Crippen molar-refractivity contribution < 1.29 is 4.74 Å². The molecule has 0 spiro atoms. The van der Waals surface area contributed by atoms with Crippen LogP contribution in [-0.4, -0.2) is 30.9 Å². The molecule has 0 radical (unpaired) electrons. The number of methoxy groups -OCH3 is 1. The number of rotatable bonds is 2. The average Bonchev–Trinajstić information content (AvgIpc) is 2.39. The van der Waals surface area contributed by atoms with E-state index in [0.717, 1.165) is 12.1 Å². The minimum Gasteiger partial charge on any atom is -0.467 e. The second-order valence-corrected chi connectivity index (χ2v) is 3.45. The van der Waals surface area contributed by atoms with E-state index in [0.29, 0.717) is 6.02 Å². The monoisotopic (exact) mass is 217 g/mol. The van der Waals surface area contributed by atoms with E-state index in [1.807, 2.05) is 43.5 Å². The van der Waals surface area contributed by atoms with E-state index in [-0.39, 0.29) is 6.04 Å². The highest BCUT2D eigenvalue weighted by molar-refractivity contribution is 5.82. The van der Waals surface area contributed by atoms with Gasteiger partial charge >= 0.3 is 6.02 Å². The van der Waals surface area contributed by atoms with Gasteiger partial charge in [0, 0.05) is 6.54 Å². The third kappa shape index (κ3) is 2.05. The largest absolute Gasteiger partial charge is 0.467 e. The standard InChI is InChI=1S/C12H15N3O/c1-3-15-12(16-2)14-11(9-13-15)10-7-5-4-6-8-10/h4-9,11H,3H2,1-2H3/t11-/m1/s1. The number of hydrogen-bond donors (Lipinski definition) is 0. The normalized spacial score (nSPS) is 19.5. The van der Waals surface area contributed by atoms with Crippen molar-refractivity contribution in [3.05, 3.63) is 35.9 Å². The molecule has 1 aliphatic rings. The lowest BCUT2D eigenvalue weighted by Crippen LogP contribution is -2.31. The van der Waals surface area contributed by atoms with Gasteiger partial charge in [0.05, 0.1) is 13.3 Å². The third-order valence-corrected chi connectivity index (χ3v) is 2.44. The predicted octanol–water partition coefficient (Wildman–Crippen LogP) is 2.05. The van der Waals surface area contributed by atoms with Crippen LogP contribution in [0.1, 0.15) is 18.5 Å².